The molecule has 4 rings (SSSR count). The van der Waals surface area contributed by atoms with Crippen LogP contribution in [-0.2, 0) is 15.0 Å². The maximum absolute atomic E-state index is 13.0. The molecule has 31 heavy (non-hydrogen) atoms. The van der Waals surface area contributed by atoms with Gasteiger partial charge in [-0.15, -0.1) is 0 Å². The zero-order valence-corrected chi connectivity index (χ0v) is 18.6. The Morgan fingerprint density at radius 2 is 1.65 bits per heavy atom. The lowest BCUT2D eigenvalue weighted by atomic mass is 9.76. The van der Waals surface area contributed by atoms with E-state index in [0.717, 1.165) is 24.8 Å². The van der Waals surface area contributed by atoms with Gasteiger partial charge in [0.15, 0.2) is 0 Å². The van der Waals surface area contributed by atoms with Gasteiger partial charge in [0.25, 0.3) is 0 Å². The van der Waals surface area contributed by atoms with Crippen LogP contribution in [0.1, 0.15) is 62.9 Å². The van der Waals surface area contributed by atoms with E-state index in [1.54, 1.807) is 36.4 Å². The Hall–Kier alpha value is -2.95. The predicted octanol–water partition coefficient (Wildman–Crippen LogP) is 5.13. The molecule has 2 fully saturated rings. The summed E-state index contributed by atoms with van der Waals surface area (Å²) in [5, 5.41) is 0. The van der Waals surface area contributed by atoms with Crippen LogP contribution in [0.4, 0.5) is 5.69 Å². The minimum atomic E-state index is -0.518. The zero-order chi connectivity index (χ0) is 22.3. The third kappa shape index (κ3) is 4.14. The van der Waals surface area contributed by atoms with Gasteiger partial charge in [-0.1, -0.05) is 45.9 Å². The third-order valence-electron chi connectivity index (χ3n) is 6.46. The number of nitrogens with zero attached hydrogens (tertiary/aromatic N) is 1. The second-order valence-corrected chi connectivity index (χ2v) is 9.86. The second kappa shape index (κ2) is 7.95. The van der Waals surface area contributed by atoms with Crippen molar-refractivity contribution in [2.45, 2.75) is 52.4 Å². The largest absolute Gasteiger partial charge is 0.423 e. The summed E-state index contributed by atoms with van der Waals surface area (Å²) >= 11 is 0. The number of carbonyl (C=O) groups excluding carboxylic acids is 3. The fourth-order valence-corrected chi connectivity index (χ4v) is 4.61. The van der Waals surface area contributed by atoms with Crippen LogP contribution in [0.15, 0.2) is 48.5 Å². The molecule has 2 amide bonds. The number of esters is 1. The highest BCUT2D eigenvalue weighted by Crippen LogP contribution is 2.42. The van der Waals surface area contributed by atoms with E-state index in [-0.39, 0.29) is 29.1 Å². The molecular weight excluding hydrogens is 390 g/mol. The fraction of sp³-hybridized carbons (Fsp3) is 0.423. The summed E-state index contributed by atoms with van der Waals surface area (Å²) in [5.41, 5.74) is 1.91. The van der Waals surface area contributed by atoms with Gasteiger partial charge in [-0.05, 0) is 66.5 Å². The van der Waals surface area contributed by atoms with Crippen LogP contribution in [0.2, 0.25) is 0 Å². The quantitative estimate of drug-likeness (QED) is 0.393. The minimum absolute atomic E-state index is 0.0145. The smallest absolute Gasteiger partial charge is 0.343 e. The van der Waals surface area contributed by atoms with Crippen LogP contribution in [0.5, 0.6) is 5.75 Å². The summed E-state index contributed by atoms with van der Waals surface area (Å²) in [6.45, 7) is 8.49. The first-order valence-electron chi connectivity index (χ1n) is 11.0. The van der Waals surface area contributed by atoms with Gasteiger partial charge in [-0.3, -0.25) is 14.5 Å². The number of benzene rings is 2. The molecule has 0 radical (unpaired) electrons. The van der Waals surface area contributed by atoms with E-state index in [9.17, 15) is 14.4 Å². The van der Waals surface area contributed by atoms with Crippen LogP contribution in [0.3, 0.4) is 0 Å². The van der Waals surface area contributed by atoms with Gasteiger partial charge in [0.05, 0.1) is 23.1 Å². The number of hydrogen-bond donors (Lipinski definition) is 0. The van der Waals surface area contributed by atoms with Crippen molar-refractivity contribution in [3.63, 3.8) is 0 Å². The third-order valence-corrected chi connectivity index (χ3v) is 6.46. The number of carbonyl (C=O) groups is 3. The molecule has 0 aromatic heterocycles. The van der Waals surface area contributed by atoms with Gasteiger partial charge in [0, 0.05) is 0 Å². The van der Waals surface area contributed by atoms with Crippen molar-refractivity contribution in [3.05, 3.63) is 59.7 Å². The molecule has 5 nitrogen and oxygen atoms in total. The van der Waals surface area contributed by atoms with Gasteiger partial charge in [0.1, 0.15) is 5.75 Å². The molecule has 2 aliphatic rings. The number of amides is 2. The Labute approximate surface area is 183 Å². The monoisotopic (exact) mass is 419 g/mol. The minimum Gasteiger partial charge on any atom is -0.423 e. The first kappa shape index (κ1) is 21.3. The molecule has 0 bridgehead atoms. The Bertz CT molecular complexity index is 1020. The van der Waals surface area contributed by atoms with Crippen LogP contribution >= 0.6 is 0 Å². The van der Waals surface area contributed by atoms with E-state index in [2.05, 4.69) is 27.7 Å². The molecule has 2 aromatic rings. The topological polar surface area (TPSA) is 63.7 Å². The standard InChI is InChI=1S/C26H29NO4/c1-16-8-13-21-22(14-16)24(29)27(23(21)28)19-7-5-6-17(15-19)25(30)31-20-11-9-18(10-12-20)26(2,3)4/h5-7,9-12,15-16,21-22H,8,13-14H2,1-4H3/t16-,21-,22+/m0/s1. The lowest BCUT2D eigenvalue weighted by Gasteiger charge is -2.25. The zero-order valence-electron chi connectivity index (χ0n) is 18.6. The lowest BCUT2D eigenvalue weighted by molar-refractivity contribution is -0.122. The summed E-state index contributed by atoms with van der Waals surface area (Å²) in [4.78, 5) is 39.9. The molecule has 162 valence electrons. The SMILES string of the molecule is C[C@H]1CC[C@@H]2C(=O)N(c3cccc(C(=O)Oc4ccc(C(C)(C)C)cc4)c3)C(=O)[C@@H]2C1. The Morgan fingerprint density at radius 1 is 0.968 bits per heavy atom. The molecule has 1 saturated heterocycles. The number of hydrogen-bond acceptors (Lipinski definition) is 4. The summed E-state index contributed by atoms with van der Waals surface area (Å²) in [5.74, 6) is -0.389. The maximum Gasteiger partial charge on any atom is 0.343 e. The van der Waals surface area contributed by atoms with E-state index < -0.39 is 5.97 Å². The predicted molar refractivity (Wildman–Crippen MR) is 119 cm³/mol. The summed E-state index contributed by atoms with van der Waals surface area (Å²) < 4.78 is 5.52. The summed E-state index contributed by atoms with van der Waals surface area (Å²) in [7, 11) is 0. The Morgan fingerprint density at radius 3 is 2.32 bits per heavy atom. The van der Waals surface area contributed by atoms with Crippen LogP contribution in [0.25, 0.3) is 0 Å². The van der Waals surface area contributed by atoms with Crippen LogP contribution in [0, 0.1) is 17.8 Å². The first-order valence-corrected chi connectivity index (χ1v) is 11.0. The Balaban J connectivity index is 1.52. The van der Waals surface area contributed by atoms with E-state index in [1.807, 2.05) is 12.1 Å². The highest BCUT2D eigenvalue weighted by molar-refractivity contribution is 6.22. The maximum atomic E-state index is 13.0. The van der Waals surface area contributed by atoms with Crippen molar-refractivity contribution < 1.29 is 19.1 Å². The number of anilines is 1. The van der Waals surface area contributed by atoms with E-state index in [0.29, 0.717) is 22.9 Å². The number of fused-ring (bicyclic) bond motifs is 1. The average molecular weight is 420 g/mol. The van der Waals surface area contributed by atoms with Crippen LogP contribution < -0.4 is 9.64 Å². The van der Waals surface area contributed by atoms with Crippen molar-refractivity contribution in [1.29, 1.82) is 0 Å². The van der Waals surface area contributed by atoms with Gasteiger partial charge < -0.3 is 4.74 Å². The van der Waals surface area contributed by atoms with Crippen molar-refractivity contribution in [2.75, 3.05) is 4.90 Å². The molecular formula is C26H29NO4. The summed E-state index contributed by atoms with van der Waals surface area (Å²) in [6.07, 6.45) is 2.46. The first-order chi connectivity index (χ1) is 14.6. The lowest BCUT2D eigenvalue weighted by Crippen LogP contribution is -2.31. The highest BCUT2D eigenvalue weighted by atomic mass is 16.5. The molecule has 5 heteroatoms. The van der Waals surface area contributed by atoms with Crippen molar-refractivity contribution >= 4 is 23.5 Å². The van der Waals surface area contributed by atoms with Gasteiger partial charge in [0.2, 0.25) is 11.8 Å². The molecule has 1 aliphatic carbocycles. The number of ether oxygens (including phenoxy) is 1. The van der Waals surface area contributed by atoms with Gasteiger partial charge in [-0.2, -0.15) is 0 Å². The summed E-state index contributed by atoms with van der Waals surface area (Å²) in [6, 6.07) is 14.0. The van der Waals surface area contributed by atoms with Crippen molar-refractivity contribution in [3.8, 4) is 5.75 Å². The molecule has 1 heterocycles. The van der Waals surface area contributed by atoms with E-state index in [1.165, 1.54) is 4.90 Å². The molecule has 0 unspecified atom stereocenters. The van der Waals surface area contributed by atoms with Gasteiger partial charge in [-0.25, -0.2) is 4.79 Å². The van der Waals surface area contributed by atoms with Crippen molar-refractivity contribution in [2.24, 2.45) is 17.8 Å². The molecule has 3 atom stereocenters. The van der Waals surface area contributed by atoms with Gasteiger partial charge >= 0.3 is 5.97 Å². The molecule has 1 aliphatic heterocycles. The molecule has 1 saturated carbocycles. The van der Waals surface area contributed by atoms with E-state index in [4.69, 9.17) is 4.74 Å². The average Bonchev–Trinajstić information content (AvgIpc) is 2.97. The molecule has 0 N–H and O–H groups in total. The fourth-order valence-electron chi connectivity index (χ4n) is 4.61. The highest BCUT2D eigenvalue weighted by Gasteiger charge is 2.50. The van der Waals surface area contributed by atoms with Crippen LogP contribution in [-0.4, -0.2) is 17.8 Å². The second-order valence-electron chi connectivity index (χ2n) is 9.86. The number of imide groups is 1. The van der Waals surface area contributed by atoms with E-state index >= 15 is 0 Å². The normalized spacial score (nSPS) is 23.6. The van der Waals surface area contributed by atoms with Crippen molar-refractivity contribution in [1.82, 2.24) is 0 Å². The molecule has 2 aromatic carbocycles. The number of rotatable bonds is 3. The Kier molecular flexibility index (Phi) is 5.46. The molecule has 0 spiro atoms.